The van der Waals surface area contributed by atoms with Gasteiger partial charge in [-0.25, -0.2) is 0 Å². The molecule has 0 radical (unpaired) electrons. The zero-order valence-corrected chi connectivity index (χ0v) is 11.9. The van der Waals surface area contributed by atoms with Gasteiger partial charge in [-0.1, -0.05) is 12.1 Å². The summed E-state index contributed by atoms with van der Waals surface area (Å²) in [5, 5.41) is 20.7. The predicted octanol–water partition coefficient (Wildman–Crippen LogP) is 3.54. The second-order valence-electron chi connectivity index (χ2n) is 4.61. The number of carboxylic acids is 1. The smallest absolute Gasteiger partial charge is 0.309 e. The quantitative estimate of drug-likeness (QED) is 0.774. The Morgan fingerprint density at radius 1 is 1.14 bits per heavy atom. The van der Waals surface area contributed by atoms with Crippen LogP contribution in [0.25, 0.3) is 16.3 Å². The van der Waals surface area contributed by atoms with E-state index in [-0.39, 0.29) is 12.2 Å². The number of phenolic OH excluding ortho intramolecular Hbond substituents is 1. The molecule has 5 heteroatoms. The minimum Gasteiger partial charge on any atom is -0.508 e. The molecule has 0 saturated heterocycles. The third-order valence-corrected chi connectivity index (χ3v) is 4.05. The first-order valence-electron chi connectivity index (χ1n) is 6.41. The molecule has 3 rings (SSSR count). The van der Waals surface area contributed by atoms with Gasteiger partial charge in [-0.05, 0) is 35.7 Å². The fourth-order valence-electron chi connectivity index (χ4n) is 2.33. The molecule has 0 atom stereocenters. The summed E-state index contributed by atoms with van der Waals surface area (Å²) in [6.07, 6.45) is -0.0684. The lowest BCUT2D eigenvalue weighted by Gasteiger charge is -2.12. The molecule has 2 N–H and O–H groups in total. The van der Waals surface area contributed by atoms with E-state index in [1.165, 1.54) is 0 Å². The van der Waals surface area contributed by atoms with E-state index in [1.807, 2.05) is 40.3 Å². The first kappa shape index (κ1) is 13.5. The molecule has 2 heterocycles. The number of nitrogens with zero attached hydrogens (tertiary/aromatic N) is 1. The van der Waals surface area contributed by atoms with Crippen LogP contribution in [0.1, 0.15) is 5.69 Å². The summed E-state index contributed by atoms with van der Waals surface area (Å²) in [7, 11) is 0. The highest BCUT2D eigenvalue weighted by Crippen LogP contribution is 2.31. The van der Waals surface area contributed by atoms with E-state index in [1.54, 1.807) is 29.5 Å². The molecule has 0 unspecified atom stereocenters. The van der Waals surface area contributed by atoms with Gasteiger partial charge in [0.2, 0.25) is 0 Å². The highest BCUT2D eigenvalue weighted by molar-refractivity contribution is 7.13. The Morgan fingerprint density at radius 2 is 2.00 bits per heavy atom. The molecule has 0 aliphatic carbocycles. The number of aromatic nitrogens is 1. The summed E-state index contributed by atoms with van der Waals surface area (Å²) in [6, 6.07) is 14.5. The van der Waals surface area contributed by atoms with Crippen LogP contribution in [0.2, 0.25) is 0 Å². The number of phenols is 1. The molecule has 1 aromatic carbocycles. The topological polar surface area (TPSA) is 62.5 Å². The molecule has 0 aliphatic rings. The maximum Gasteiger partial charge on any atom is 0.309 e. The lowest BCUT2D eigenvalue weighted by atomic mass is 10.2. The van der Waals surface area contributed by atoms with Crippen LogP contribution >= 0.6 is 11.3 Å². The van der Waals surface area contributed by atoms with Gasteiger partial charge in [-0.2, -0.15) is 0 Å². The van der Waals surface area contributed by atoms with Crippen molar-refractivity contribution in [1.29, 1.82) is 0 Å². The van der Waals surface area contributed by atoms with Crippen LogP contribution in [0.5, 0.6) is 5.75 Å². The van der Waals surface area contributed by atoms with E-state index in [4.69, 9.17) is 5.11 Å². The summed E-state index contributed by atoms with van der Waals surface area (Å²) in [5.41, 5.74) is 2.35. The van der Waals surface area contributed by atoms with Gasteiger partial charge < -0.3 is 14.8 Å². The lowest BCUT2D eigenvalue weighted by molar-refractivity contribution is -0.136. The molecule has 0 amide bonds. The van der Waals surface area contributed by atoms with Gasteiger partial charge in [0.15, 0.2) is 0 Å². The summed E-state index contributed by atoms with van der Waals surface area (Å²) in [6.45, 7) is 0. The molecule has 0 spiro atoms. The molecular weight excluding hydrogens is 286 g/mol. The number of carbonyl (C=O) groups is 1. The van der Waals surface area contributed by atoms with Gasteiger partial charge in [-0.15, -0.1) is 11.3 Å². The second kappa shape index (κ2) is 5.46. The van der Waals surface area contributed by atoms with Crippen molar-refractivity contribution in [1.82, 2.24) is 4.57 Å². The van der Waals surface area contributed by atoms with Crippen LogP contribution in [0.15, 0.2) is 53.9 Å². The first-order valence-corrected chi connectivity index (χ1v) is 7.29. The highest BCUT2D eigenvalue weighted by Gasteiger charge is 2.15. The maximum atomic E-state index is 11.1. The summed E-state index contributed by atoms with van der Waals surface area (Å²) in [4.78, 5) is 12.1. The second-order valence-corrected chi connectivity index (χ2v) is 5.56. The van der Waals surface area contributed by atoms with Crippen molar-refractivity contribution in [2.24, 2.45) is 0 Å². The van der Waals surface area contributed by atoms with Crippen LogP contribution in [-0.2, 0) is 11.2 Å². The number of hydrogen-bond donors (Lipinski definition) is 2. The van der Waals surface area contributed by atoms with Crippen LogP contribution in [0.4, 0.5) is 0 Å². The number of rotatable bonds is 4. The normalized spacial score (nSPS) is 10.7. The predicted molar refractivity (Wildman–Crippen MR) is 82.1 cm³/mol. The Hall–Kier alpha value is -2.53. The molecule has 0 fully saturated rings. The Balaban J connectivity index is 2.19. The van der Waals surface area contributed by atoms with Crippen LogP contribution in [0.3, 0.4) is 0 Å². The van der Waals surface area contributed by atoms with E-state index < -0.39 is 5.97 Å². The number of benzene rings is 1. The average Bonchev–Trinajstić information content (AvgIpc) is 3.06. The molecule has 0 aliphatic heterocycles. The van der Waals surface area contributed by atoms with Crippen molar-refractivity contribution in [3.8, 4) is 22.0 Å². The molecule has 21 heavy (non-hydrogen) atoms. The van der Waals surface area contributed by atoms with Gasteiger partial charge in [0.1, 0.15) is 5.75 Å². The fourth-order valence-corrected chi connectivity index (χ4v) is 3.07. The van der Waals surface area contributed by atoms with E-state index in [0.717, 1.165) is 16.3 Å². The largest absolute Gasteiger partial charge is 0.508 e. The summed E-state index contributed by atoms with van der Waals surface area (Å²) >= 11 is 1.59. The maximum absolute atomic E-state index is 11.1. The lowest BCUT2D eigenvalue weighted by Crippen LogP contribution is -2.07. The minimum atomic E-state index is -0.882. The van der Waals surface area contributed by atoms with Crippen molar-refractivity contribution in [2.75, 3.05) is 0 Å². The van der Waals surface area contributed by atoms with Gasteiger partial charge in [0.05, 0.1) is 17.0 Å². The average molecular weight is 299 g/mol. The van der Waals surface area contributed by atoms with Gasteiger partial charge >= 0.3 is 5.97 Å². The van der Waals surface area contributed by atoms with Gasteiger partial charge in [-0.3, -0.25) is 4.79 Å². The van der Waals surface area contributed by atoms with Crippen molar-refractivity contribution < 1.29 is 15.0 Å². The summed E-state index contributed by atoms with van der Waals surface area (Å²) < 4.78 is 1.87. The van der Waals surface area contributed by atoms with Crippen molar-refractivity contribution in [3.63, 3.8) is 0 Å². The fraction of sp³-hybridized carbons (Fsp3) is 0.0625. The number of aromatic hydroxyl groups is 1. The standard InChI is InChI=1S/C16H13NO3S/c18-13-4-1-3-11(9-13)17-12(10-16(19)20)6-7-14(17)15-5-2-8-21-15/h1-9,18H,10H2,(H,19,20). The van der Waals surface area contributed by atoms with E-state index in [9.17, 15) is 9.90 Å². The number of carboxylic acid groups (broad SMARTS) is 1. The van der Waals surface area contributed by atoms with Crippen LogP contribution in [0, 0.1) is 0 Å². The van der Waals surface area contributed by atoms with Crippen LogP contribution in [-0.4, -0.2) is 20.7 Å². The van der Waals surface area contributed by atoms with E-state index >= 15 is 0 Å². The number of aliphatic carboxylic acids is 1. The van der Waals surface area contributed by atoms with Gasteiger partial charge in [0.25, 0.3) is 0 Å². The Labute approximate surface area is 125 Å². The number of thiophene rings is 1. The van der Waals surface area contributed by atoms with Crippen molar-refractivity contribution >= 4 is 17.3 Å². The Kier molecular flexibility index (Phi) is 3.50. The third kappa shape index (κ3) is 2.68. The molecular formula is C16H13NO3S. The summed E-state index contributed by atoms with van der Waals surface area (Å²) in [5.74, 6) is -0.730. The third-order valence-electron chi connectivity index (χ3n) is 3.16. The van der Waals surface area contributed by atoms with Gasteiger partial charge in [0, 0.05) is 17.4 Å². The molecule has 106 valence electrons. The number of hydrogen-bond acceptors (Lipinski definition) is 3. The first-order chi connectivity index (χ1) is 10.1. The molecule has 4 nitrogen and oxygen atoms in total. The monoisotopic (exact) mass is 299 g/mol. The highest BCUT2D eigenvalue weighted by atomic mass is 32.1. The minimum absolute atomic E-state index is 0.0684. The Bertz CT molecular complexity index is 775. The van der Waals surface area contributed by atoms with Crippen molar-refractivity contribution in [3.05, 3.63) is 59.6 Å². The van der Waals surface area contributed by atoms with E-state index in [0.29, 0.717) is 5.69 Å². The molecule has 0 saturated carbocycles. The SMILES string of the molecule is O=C(O)Cc1ccc(-c2cccs2)n1-c1cccc(O)c1. The van der Waals surface area contributed by atoms with Crippen LogP contribution < -0.4 is 0 Å². The Morgan fingerprint density at radius 3 is 2.67 bits per heavy atom. The molecule has 2 aromatic heterocycles. The molecule has 3 aromatic rings. The van der Waals surface area contributed by atoms with E-state index in [2.05, 4.69) is 0 Å². The molecule has 0 bridgehead atoms. The zero-order chi connectivity index (χ0) is 14.8. The zero-order valence-electron chi connectivity index (χ0n) is 11.1. The van der Waals surface area contributed by atoms with Crippen molar-refractivity contribution in [2.45, 2.75) is 6.42 Å².